The first-order valence-electron chi connectivity index (χ1n) is 8.21. The Hall–Kier alpha value is -2.94. The average molecular weight is 432 g/mol. The van der Waals surface area contributed by atoms with Crippen LogP contribution in [0.3, 0.4) is 0 Å². The van der Waals surface area contributed by atoms with E-state index in [1.807, 2.05) is 31.2 Å². The van der Waals surface area contributed by atoms with Crippen LogP contribution in [0.15, 0.2) is 47.2 Å². The van der Waals surface area contributed by atoms with Gasteiger partial charge in [0, 0.05) is 12.4 Å². The molecule has 27 heavy (non-hydrogen) atoms. The van der Waals surface area contributed by atoms with Crippen molar-refractivity contribution in [2.45, 2.75) is 26.4 Å². The fourth-order valence-corrected chi connectivity index (χ4v) is 2.87. The van der Waals surface area contributed by atoms with Crippen molar-refractivity contribution in [3.8, 4) is 0 Å². The number of aromatic carboxylic acids is 1. The van der Waals surface area contributed by atoms with Gasteiger partial charge >= 0.3 is 5.97 Å². The Kier molecular flexibility index (Phi) is 5.41. The van der Waals surface area contributed by atoms with E-state index in [1.165, 1.54) is 22.5 Å². The van der Waals surface area contributed by atoms with Crippen LogP contribution < -0.4 is 5.32 Å². The molecule has 0 aliphatic heterocycles. The van der Waals surface area contributed by atoms with E-state index in [0.717, 1.165) is 5.56 Å². The number of nitrogens with one attached hydrogen (secondary N) is 1. The van der Waals surface area contributed by atoms with Crippen LogP contribution in [0.25, 0.3) is 0 Å². The SMILES string of the molecule is Cc1ccc(Cn2cc(Br)c(NC(=O)C(C)n3ccc(C(=O)O)n3)n2)cc1. The summed E-state index contributed by atoms with van der Waals surface area (Å²) >= 11 is 3.40. The molecule has 2 N–H and O–H groups in total. The number of hydrogen-bond donors (Lipinski definition) is 2. The Bertz CT molecular complexity index is 977. The highest BCUT2D eigenvalue weighted by Gasteiger charge is 2.20. The highest BCUT2D eigenvalue weighted by molar-refractivity contribution is 9.10. The van der Waals surface area contributed by atoms with Gasteiger partial charge in [-0.1, -0.05) is 29.8 Å². The summed E-state index contributed by atoms with van der Waals surface area (Å²) in [5.74, 6) is -1.10. The number of anilines is 1. The third kappa shape index (κ3) is 4.43. The highest BCUT2D eigenvalue weighted by atomic mass is 79.9. The van der Waals surface area contributed by atoms with Crippen molar-refractivity contribution in [2.24, 2.45) is 0 Å². The maximum atomic E-state index is 12.5. The Labute approximate surface area is 163 Å². The minimum absolute atomic E-state index is 0.113. The number of aryl methyl sites for hydroxylation is 1. The van der Waals surface area contributed by atoms with Gasteiger partial charge < -0.3 is 10.4 Å². The lowest BCUT2D eigenvalue weighted by atomic mass is 10.1. The zero-order chi connectivity index (χ0) is 19.6. The minimum atomic E-state index is -1.14. The first kappa shape index (κ1) is 18.8. The van der Waals surface area contributed by atoms with Gasteiger partial charge in [-0.2, -0.15) is 10.2 Å². The molecule has 8 nitrogen and oxygen atoms in total. The molecule has 1 unspecified atom stereocenters. The lowest BCUT2D eigenvalue weighted by molar-refractivity contribution is -0.119. The van der Waals surface area contributed by atoms with E-state index < -0.39 is 12.0 Å². The van der Waals surface area contributed by atoms with E-state index in [1.54, 1.807) is 17.8 Å². The molecule has 0 saturated carbocycles. The Balaban J connectivity index is 1.69. The standard InChI is InChI=1S/C18H18BrN5O3/c1-11-3-5-13(6-4-11)9-23-10-14(19)16(22-23)20-17(25)12(2)24-8-7-15(21-24)18(26)27/h3-8,10,12H,9H2,1-2H3,(H,26,27)(H,20,22,25). The lowest BCUT2D eigenvalue weighted by Crippen LogP contribution is -2.24. The average Bonchev–Trinajstić information content (AvgIpc) is 3.24. The van der Waals surface area contributed by atoms with Crippen LogP contribution in [-0.2, 0) is 11.3 Å². The van der Waals surface area contributed by atoms with E-state index in [4.69, 9.17) is 5.11 Å². The second-order valence-electron chi connectivity index (χ2n) is 6.16. The van der Waals surface area contributed by atoms with Crippen molar-refractivity contribution in [3.05, 3.63) is 64.0 Å². The number of hydrogen-bond acceptors (Lipinski definition) is 4. The van der Waals surface area contributed by atoms with E-state index in [2.05, 4.69) is 31.4 Å². The number of amides is 1. The number of rotatable bonds is 6. The summed E-state index contributed by atoms with van der Waals surface area (Å²) in [6.07, 6.45) is 3.25. The second kappa shape index (κ2) is 7.75. The van der Waals surface area contributed by atoms with E-state index in [0.29, 0.717) is 16.8 Å². The summed E-state index contributed by atoms with van der Waals surface area (Å²) in [6, 6.07) is 8.79. The van der Waals surface area contributed by atoms with Crippen molar-refractivity contribution in [3.63, 3.8) is 0 Å². The topological polar surface area (TPSA) is 102 Å². The monoisotopic (exact) mass is 431 g/mol. The molecule has 3 aromatic rings. The van der Waals surface area contributed by atoms with Gasteiger partial charge in [0.25, 0.3) is 0 Å². The first-order valence-corrected chi connectivity index (χ1v) is 9.00. The van der Waals surface area contributed by atoms with Crippen molar-refractivity contribution < 1.29 is 14.7 Å². The fraction of sp³-hybridized carbons (Fsp3) is 0.222. The van der Waals surface area contributed by atoms with Crippen LogP contribution in [0.5, 0.6) is 0 Å². The number of carboxylic acids is 1. The van der Waals surface area contributed by atoms with Gasteiger partial charge in [0.2, 0.25) is 5.91 Å². The summed E-state index contributed by atoms with van der Waals surface area (Å²) in [5.41, 5.74) is 2.17. The van der Waals surface area contributed by atoms with Gasteiger partial charge in [0.15, 0.2) is 11.5 Å². The molecule has 9 heteroatoms. The molecule has 2 aromatic heterocycles. The number of aromatic nitrogens is 4. The number of nitrogens with zero attached hydrogens (tertiary/aromatic N) is 4. The number of carbonyl (C=O) groups excluding carboxylic acids is 1. The van der Waals surface area contributed by atoms with E-state index in [9.17, 15) is 9.59 Å². The zero-order valence-electron chi connectivity index (χ0n) is 14.8. The molecule has 0 aliphatic carbocycles. The van der Waals surface area contributed by atoms with Gasteiger partial charge in [-0.15, -0.1) is 0 Å². The molecular weight excluding hydrogens is 414 g/mol. The highest BCUT2D eigenvalue weighted by Crippen LogP contribution is 2.22. The molecule has 0 bridgehead atoms. The van der Waals surface area contributed by atoms with Gasteiger partial charge in [-0.3, -0.25) is 14.2 Å². The Morgan fingerprint density at radius 3 is 2.56 bits per heavy atom. The summed E-state index contributed by atoms with van der Waals surface area (Å²) < 4.78 is 3.68. The summed E-state index contributed by atoms with van der Waals surface area (Å²) in [4.78, 5) is 23.4. The molecular formula is C18H18BrN5O3. The van der Waals surface area contributed by atoms with Crippen molar-refractivity contribution in [1.82, 2.24) is 19.6 Å². The largest absolute Gasteiger partial charge is 0.476 e. The number of halogens is 1. The van der Waals surface area contributed by atoms with Crippen molar-refractivity contribution in [2.75, 3.05) is 5.32 Å². The van der Waals surface area contributed by atoms with Crippen LogP contribution in [-0.4, -0.2) is 36.5 Å². The van der Waals surface area contributed by atoms with Crippen LogP contribution >= 0.6 is 15.9 Å². The predicted octanol–water partition coefficient (Wildman–Crippen LogP) is 3.10. The fourth-order valence-electron chi connectivity index (χ4n) is 2.45. The summed E-state index contributed by atoms with van der Waals surface area (Å²) in [6.45, 7) is 4.23. The Morgan fingerprint density at radius 2 is 1.93 bits per heavy atom. The third-order valence-electron chi connectivity index (χ3n) is 4.03. The van der Waals surface area contributed by atoms with E-state index >= 15 is 0 Å². The smallest absolute Gasteiger partial charge is 0.356 e. The maximum absolute atomic E-state index is 12.5. The molecule has 1 amide bonds. The molecule has 2 heterocycles. The molecule has 140 valence electrons. The molecule has 0 radical (unpaired) electrons. The second-order valence-corrected chi connectivity index (χ2v) is 7.01. The van der Waals surface area contributed by atoms with Crippen LogP contribution in [0.2, 0.25) is 0 Å². The number of carbonyl (C=O) groups is 2. The minimum Gasteiger partial charge on any atom is -0.476 e. The maximum Gasteiger partial charge on any atom is 0.356 e. The molecule has 0 spiro atoms. The summed E-state index contributed by atoms with van der Waals surface area (Å²) in [7, 11) is 0. The van der Waals surface area contributed by atoms with Crippen LogP contribution in [0.1, 0.15) is 34.6 Å². The molecule has 0 fully saturated rings. The van der Waals surface area contributed by atoms with Gasteiger partial charge in [0.1, 0.15) is 6.04 Å². The number of carboxylic acid groups (broad SMARTS) is 1. The molecule has 0 saturated heterocycles. The Morgan fingerprint density at radius 1 is 1.22 bits per heavy atom. The van der Waals surface area contributed by atoms with E-state index in [-0.39, 0.29) is 11.6 Å². The number of benzene rings is 1. The molecule has 1 atom stereocenters. The van der Waals surface area contributed by atoms with Crippen molar-refractivity contribution in [1.29, 1.82) is 0 Å². The molecule has 0 aliphatic rings. The lowest BCUT2D eigenvalue weighted by Gasteiger charge is -2.11. The quantitative estimate of drug-likeness (QED) is 0.624. The molecule has 1 aromatic carbocycles. The normalized spacial score (nSPS) is 12.0. The van der Waals surface area contributed by atoms with Gasteiger partial charge in [-0.05, 0) is 41.4 Å². The van der Waals surface area contributed by atoms with Crippen molar-refractivity contribution >= 4 is 33.6 Å². The zero-order valence-corrected chi connectivity index (χ0v) is 16.3. The predicted molar refractivity (Wildman–Crippen MR) is 103 cm³/mol. The van der Waals surface area contributed by atoms with Crippen LogP contribution in [0, 0.1) is 6.92 Å². The first-order chi connectivity index (χ1) is 12.8. The third-order valence-corrected chi connectivity index (χ3v) is 4.61. The van der Waals surface area contributed by atoms with Gasteiger partial charge in [-0.25, -0.2) is 4.79 Å². The van der Waals surface area contributed by atoms with Crippen LogP contribution in [0.4, 0.5) is 5.82 Å². The van der Waals surface area contributed by atoms with Gasteiger partial charge in [0.05, 0.1) is 11.0 Å². The molecule has 3 rings (SSSR count). The summed E-state index contributed by atoms with van der Waals surface area (Å²) in [5, 5.41) is 19.9.